The van der Waals surface area contributed by atoms with Crippen LogP contribution in [0.15, 0.2) is 42.5 Å². The molecule has 0 bridgehead atoms. The van der Waals surface area contributed by atoms with Crippen LogP contribution >= 0.6 is 0 Å². The summed E-state index contributed by atoms with van der Waals surface area (Å²) in [6, 6.07) is 11.1. The van der Waals surface area contributed by atoms with Crippen molar-refractivity contribution in [1.29, 1.82) is 0 Å². The van der Waals surface area contributed by atoms with Crippen molar-refractivity contribution < 1.29 is 18.7 Å². The molecule has 29 heavy (non-hydrogen) atoms. The normalized spacial score (nSPS) is 25.2. The smallest absolute Gasteiger partial charge is 0.250 e. The third-order valence-corrected chi connectivity index (χ3v) is 5.92. The van der Waals surface area contributed by atoms with E-state index in [1.165, 1.54) is 12.1 Å². The van der Waals surface area contributed by atoms with Gasteiger partial charge in [-0.2, -0.15) is 0 Å². The molecular weight excluding hydrogens is 373 g/mol. The van der Waals surface area contributed by atoms with Gasteiger partial charge in [0, 0.05) is 23.0 Å². The number of carbonyl (C=O) groups excluding carboxylic acids is 2. The largest absolute Gasteiger partial charge is 0.497 e. The van der Waals surface area contributed by atoms with Crippen LogP contribution in [0.5, 0.6) is 5.75 Å². The molecule has 0 aromatic heterocycles. The second-order valence-electron chi connectivity index (χ2n) is 7.95. The van der Waals surface area contributed by atoms with Gasteiger partial charge < -0.3 is 15.4 Å². The number of amides is 2. The standard InChI is InChI=1S/C22H24FN3O3/c1-12(2)19-11-17(20(27)24-14-5-7-15(29-3)8-6-14)22(26-19)16-10-13(23)4-9-18(16)25-21(22)28/h4-10,12,17,19,26H,11H2,1-3H3,(H,24,27)(H,25,28). The maximum Gasteiger partial charge on any atom is 0.250 e. The van der Waals surface area contributed by atoms with E-state index in [0.717, 1.165) is 0 Å². The first-order valence-corrected chi connectivity index (χ1v) is 9.69. The first-order valence-electron chi connectivity index (χ1n) is 9.69. The molecule has 2 aromatic carbocycles. The maximum absolute atomic E-state index is 14.0. The summed E-state index contributed by atoms with van der Waals surface area (Å²) in [5.74, 6) is -0.837. The zero-order valence-corrected chi connectivity index (χ0v) is 16.6. The van der Waals surface area contributed by atoms with Gasteiger partial charge in [0.05, 0.1) is 13.0 Å². The molecule has 1 spiro atoms. The predicted octanol–water partition coefficient (Wildman–Crippen LogP) is 3.25. The fraction of sp³-hybridized carbons (Fsp3) is 0.364. The lowest BCUT2D eigenvalue weighted by atomic mass is 9.79. The van der Waals surface area contributed by atoms with Crippen molar-refractivity contribution in [2.75, 3.05) is 17.7 Å². The Morgan fingerprint density at radius 3 is 2.62 bits per heavy atom. The number of carbonyl (C=O) groups is 2. The quantitative estimate of drug-likeness (QED) is 0.740. The van der Waals surface area contributed by atoms with Gasteiger partial charge in [-0.3, -0.25) is 14.9 Å². The molecule has 1 saturated heterocycles. The molecule has 3 N–H and O–H groups in total. The Kier molecular flexibility index (Phi) is 4.78. The average molecular weight is 397 g/mol. The first kappa shape index (κ1) is 19.4. The third-order valence-electron chi connectivity index (χ3n) is 5.92. The van der Waals surface area contributed by atoms with E-state index in [-0.39, 0.29) is 23.8 Å². The summed E-state index contributed by atoms with van der Waals surface area (Å²) in [6.45, 7) is 4.07. The second kappa shape index (κ2) is 7.15. The minimum Gasteiger partial charge on any atom is -0.497 e. The topological polar surface area (TPSA) is 79.5 Å². The highest BCUT2D eigenvalue weighted by Gasteiger charge is 2.60. The Balaban J connectivity index is 1.71. The lowest BCUT2D eigenvalue weighted by molar-refractivity contribution is -0.130. The van der Waals surface area contributed by atoms with Crippen LogP contribution in [0.2, 0.25) is 0 Å². The molecule has 2 aliphatic heterocycles. The van der Waals surface area contributed by atoms with Crippen LogP contribution < -0.4 is 20.7 Å². The molecule has 2 heterocycles. The van der Waals surface area contributed by atoms with E-state index in [4.69, 9.17) is 4.74 Å². The molecule has 152 valence electrons. The average Bonchev–Trinajstić information content (AvgIpc) is 3.23. The van der Waals surface area contributed by atoms with Gasteiger partial charge in [0.15, 0.2) is 0 Å². The van der Waals surface area contributed by atoms with Crippen molar-refractivity contribution in [3.8, 4) is 5.75 Å². The molecule has 2 aromatic rings. The van der Waals surface area contributed by atoms with Gasteiger partial charge in [0.25, 0.3) is 0 Å². The van der Waals surface area contributed by atoms with Crippen LogP contribution in [0.1, 0.15) is 25.8 Å². The number of nitrogens with one attached hydrogen (secondary N) is 3. The summed E-state index contributed by atoms with van der Waals surface area (Å²) in [5, 5.41) is 9.09. The molecular formula is C22H24FN3O3. The minimum atomic E-state index is -1.29. The van der Waals surface area contributed by atoms with Crippen LogP contribution in [0.3, 0.4) is 0 Å². The summed E-state index contributed by atoms with van der Waals surface area (Å²) in [7, 11) is 1.57. The van der Waals surface area contributed by atoms with Gasteiger partial charge in [-0.15, -0.1) is 0 Å². The van der Waals surface area contributed by atoms with E-state index in [0.29, 0.717) is 29.1 Å². The molecule has 2 aliphatic rings. The molecule has 1 fully saturated rings. The van der Waals surface area contributed by atoms with Crippen LogP contribution in [0.4, 0.5) is 15.8 Å². The molecule has 2 amide bonds. The van der Waals surface area contributed by atoms with E-state index in [1.54, 1.807) is 37.4 Å². The molecule has 0 radical (unpaired) electrons. The molecule has 4 rings (SSSR count). The number of halogens is 1. The molecule has 3 unspecified atom stereocenters. The number of hydrogen-bond donors (Lipinski definition) is 3. The summed E-state index contributed by atoms with van der Waals surface area (Å²) in [4.78, 5) is 26.4. The van der Waals surface area contributed by atoms with E-state index >= 15 is 0 Å². The number of benzene rings is 2. The third kappa shape index (κ3) is 3.15. The first-order chi connectivity index (χ1) is 13.8. The lowest BCUT2D eigenvalue weighted by Gasteiger charge is -2.29. The Hall–Kier alpha value is -2.93. The number of ether oxygens (including phenoxy) is 1. The highest BCUT2D eigenvalue weighted by atomic mass is 19.1. The van der Waals surface area contributed by atoms with Gasteiger partial charge in [0.2, 0.25) is 11.8 Å². The van der Waals surface area contributed by atoms with Crippen LogP contribution in [-0.4, -0.2) is 25.0 Å². The SMILES string of the molecule is COc1ccc(NC(=O)C2CC(C(C)C)NC23C(=O)Nc2ccc(F)cc23)cc1. The van der Waals surface area contributed by atoms with E-state index in [1.807, 2.05) is 13.8 Å². The fourth-order valence-corrected chi connectivity index (χ4v) is 4.31. The number of hydrogen-bond acceptors (Lipinski definition) is 4. The number of methoxy groups -OCH3 is 1. The van der Waals surface area contributed by atoms with Gasteiger partial charge in [-0.25, -0.2) is 4.39 Å². The number of rotatable bonds is 4. The van der Waals surface area contributed by atoms with Gasteiger partial charge in [-0.05, 0) is 54.8 Å². The molecule has 0 saturated carbocycles. The highest BCUT2D eigenvalue weighted by Crippen LogP contribution is 2.48. The summed E-state index contributed by atoms with van der Waals surface area (Å²) >= 11 is 0. The molecule has 6 nitrogen and oxygen atoms in total. The minimum absolute atomic E-state index is 0.0541. The highest BCUT2D eigenvalue weighted by molar-refractivity contribution is 6.10. The van der Waals surface area contributed by atoms with E-state index < -0.39 is 17.3 Å². The van der Waals surface area contributed by atoms with E-state index in [9.17, 15) is 14.0 Å². The molecule has 3 atom stereocenters. The lowest BCUT2D eigenvalue weighted by Crippen LogP contribution is -2.52. The van der Waals surface area contributed by atoms with Crippen molar-refractivity contribution in [3.63, 3.8) is 0 Å². The van der Waals surface area contributed by atoms with Crippen molar-refractivity contribution in [2.24, 2.45) is 11.8 Å². The zero-order valence-electron chi connectivity index (χ0n) is 16.6. The monoisotopic (exact) mass is 397 g/mol. The Morgan fingerprint density at radius 1 is 1.24 bits per heavy atom. The van der Waals surface area contributed by atoms with Gasteiger partial charge in [-0.1, -0.05) is 13.8 Å². The Morgan fingerprint density at radius 2 is 1.97 bits per heavy atom. The molecule has 7 heteroatoms. The van der Waals surface area contributed by atoms with Crippen LogP contribution in [0.25, 0.3) is 0 Å². The summed E-state index contributed by atoms with van der Waals surface area (Å²) in [6.07, 6.45) is 0.475. The van der Waals surface area contributed by atoms with Crippen molar-refractivity contribution >= 4 is 23.2 Å². The summed E-state index contributed by atoms with van der Waals surface area (Å²) < 4.78 is 19.2. The van der Waals surface area contributed by atoms with Gasteiger partial charge >= 0.3 is 0 Å². The summed E-state index contributed by atoms with van der Waals surface area (Å²) in [5.41, 5.74) is 0.344. The van der Waals surface area contributed by atoms with Crippen LogP contribution in [-0.2, 0) is 15.1 Å². The van der Waals surface area contributed by atoms with Crippen molar-refractivity contribution in [1.82, 2.24) is 5.32 Å². The number of fused-ring (bicyclic) bond motifs is 2. The van der Waals surface area contributed by atoms with E-state index in [2.05, 4.69) is 16.0 Å². The van der Waals surface area contributed by atoms with Gasteiger partial charge in [0.1, 0.15) is 17.1 Å². The predicted molar refractivity (Wildman–Crippen MR) is 108 cm³/mol. The van der Waals surface area contributed by atoms with Crippen LogP contribution in [0, 0.1) is 17.7 Å². The maximum atomic E-state index is 14.0. The Bertz CT molecular complexity index is 960. The Labute approximate surface area is 168 Å². The zero-order chi connectivity index (χ0) is 20.8. The fourth-order valence-electron chi connectivity index (χ4n) is 4.31. The molecule has 0 aliphatic carbocycles. The van der Waals surface area contributed by atoms with Crippen molar-refractivity contribution in [3.05, 3.63) is 53.8 Å². The second-order valence-corrected chi connectivity index (χ2v) is 7.95. The number of anilines is 2. The van der Waals surface area contributed by atoms with Crippen molar-refractivity contribution in [2.45, 2.75) is 31.8 Å².